The summed E-state index contributed by atoms with van der Waals surface area (Å²) in [5.74, 6) is -0.200. The molecule has 0 aliphatic heterocycles. The smallest absolute Gasteiger partial charge is 0.123 e. The number of thiophene rings is 1. The van der Waals surface area contributed by atoms with Crippen LogP contribution in [0.3, 0.4) is 0 Å². The van der Waals surface area contributed by atoms with Crippen molar-refractivity contribution >= 4 is 17.0 Å². The molecule has 0 amide bonds. The van der Waals surface area contributed by atoms with E-state index in [0.29, 0.717) is 6.54 Å². The summed E-state index contributed by atoms with van der Waals surface area (Å²) >= 11 is 1.74. The molecule has 4 heteroatoms. The lowest BCUT2D eigenvalue weighted by Gasteiger charge is -2.24. The summed E-state index contributed by atoms with van der Waals surface area (Å²) in [6.07, 6.45) is 0.933. The Morgan fingerprint density at radius 3 is 2.56 bits per heavy atom. The van der Waals surface area contributed by atoms with Crippen molar-refractivity contribution in [3.63, 3.8) is 0 Å². The lowest BCUT2D eigenvalue weighted by Crippen LogP contribution is -2.25. The van der Waals surface area contributed by atoms with Gasteiger partial charge in [0, 0.05) is 17.1 Å². The quantitative estimate of drug-likeness (QED) is 0.868. The first-order valence-corrected chi connectivity index (χ1v) is 6.90. The first-order valence-electron chi connectivity index (χ1n) is 6.02. The van der Waals surface area contributed by atoms with Crippen molar-refractivity contribution in [2.75, 3.05) is 18.0 Å². The van der Waals surface area contributed by atoms with Gasteiger partial charge in [-0.05, 0) is 48.7 Å². The highest BCUT2D eigenvalue weighted by molar-refractivity contribution is 7.09. The first kappa shape index (κ1) is 13.1. The number of hydrogen-bond acceptors (Lipinski definition) is 3. The number of rotatable bonds is 6. The Morgan fingerprint density at radius 2 is 1.94 bits per heavy atom. The number of nitrogens with two attached hydrogens (primary N) is 1. The summed E-state index contributed by atoms with van der Waals surface area (Å²) in [6, 6.07) is 10.8. The van der Waals surface area contributed by atoms with Crippen LogP contribution in [0, 0.1) is 5.82 Å². The van der Waals surface area contributed by atoms with Gasteiger partial charge in [0.25, 0.3) is 0 Å². The molecule has 0 unspecified atom stereocenters. The van der Waals surface area contributed by atoms with Gasteiger partial charge in [0.2, 0.25) is 0 Å². The molecule has 0 aliphatic rings. The van der Waals surface area contributed by atoms with Crippen LogP contribution in [0.4, 0.5) is 10.1 Å². The fourth-order valence-corrected chi connectivity index (χ4v) is 2.54. The summed E-state index contributed by atoms with van der Waals surface area (Å²) in [6.45, 7) is 2.41. The van der Waals surface area contributed by atoms with E-state index in [4.69, 9.17) is 5.73 Å². The van der Waals surface area contributed by atoms with E-state index in [1.165, 1.54) is 17.0 Å². The van der Waals surface area contributed by atoms with Crippen LogP contribution in [0.5, 0.6) is 0 Å². The first-order chi connectivity index (χ1) is 8.79. The van der Waals surface area contributed by atoms with Gasteiger partial charge in [0.15, 0.2) is 0 Å². The zero-order chi connectivity index (χ0) is 12.8. The van der Waals surface area contributed by atoms with Crippen LogP contribution < -0.4 is 10.6 Å². The molecule has 0 aliphatic carbocycles. The van der Waals surface area contributed by atoms with Crippen LogP contribution in [0.1, 0.15) is 11.3 Å². The van der Waals surface area contributed by atoms with Crippen LogP contribution in [-0.2, 0) is 6.54 Å². The van der Waals surface area contributed by atoms with Gasteiger partial charge in [-0.25, -0.2) is 4.39 Å². The van der Waals surface area contributed by atoms with Gasteiger partial charge in [-0.15, -0.1) is 11.3 Å². The third-order valence-electron chi connectivity index (χ3n) is 2.75. The Labute approximate surface area is 111 Å². The van der Waals surface area contributed by atoms with Crippen LogP contribution >= 0.6 is 11.3 Å². The van der Waals surface area contributed by atoms with Gasteiger partial charge in [0.05, 0.1) is 6.54 Å². The molecule has 1 heterocycles. The van der Waals surface area contributed by atoms with E-state index in [0.717, 1.165) is 25.2 Å². The van der Waals surface area contributed by atoms with Gasteiger partial charge < -0.3 is 10.6 Å². The normalized spacial score (nSPS) is 10.6. The lowest BCUT2D eigenvalue weighted by molar-refractivity contribution is 0.627. The standard InChI is InChI=1S/C14H17FN2S/c15-12-4-6-13(7-5-12)17(9-2-8-16)11-14-3-1-10-18-14/h1,3-7,10H,2,8-9,11,16H2. The van der Waals surface area contributed by atoms with E-state index in [1.54, 1.807) is 11.3 Å². The van der Waals surface area contributed by atoms with Crippen molar-refractivity contribution in [2.45, 2.75) is 13.0 Å². The molecule has 1 aromatic carbocycles. The molecule has 0 saturated carbocycles. The Balaban J connectivity index is 2.11. The lowest BCUT2D eigenvalue weighted by atomic mass is 10.2. The van der Waals surface area contributed by atoms with Crippen LogP contribution in [0.2, 0.25) is 0 Å². The molecule has 2 N–H and O–H groups in total. The second kappa shape index (κ2) is 6.52. The monoisotopic (exact) mass is 264 g/mol. The molecule has 0 fully saturated rings. The van der Waals surface area contributed by atoms with Crippen LogP contribution in [0.15, 0.2) is 41.8 Å². The fourth-order valence-electron chi connectivity index (χ4n) is 1.82. The topological polar surface area (TPSA) is 29.3 Å². The number of nitrogens with zero attached hydrogens (tertiary/aromatic N) is 1. The summed E-state index contributed by atoms with van der Waals surface area (Å²) in [7, 11) is 0. The molecule has 96 valence electrons. The van der Waals surface area contributed by atoms with E-state index in [-0.39, 0.29) is 5.82 Å². The molecule has 0 saturated heterocycles. The van der Waals surface area contributed by atoms with Crippen molar-refractivity contribution < 1.29 is 4.39 Å². The predicted octanol–water partition coefficient (Wildman–Crippen LogP) is 3.24. The van der Waals surface area contributed by atoms with Gasteiger partial charge in [-0.2, -0.15) is 0 Å². The summed E-state index contributed by atoms with van der Waals surface area (Å²) in [5.41, 5.74) is 6.61. The Morgan fingerprint density at radius 1 is 1.17 bits per heavy atom. The van der Waals surface area contributed by atoms with Gasteiger partial charge in [0.1, 0.15) is 5.82 Å². The van der Waals surface area contributed by atoms with Crippen LogP contribution in [0.25, 0.3) is 0 Å². The Bertz CT molecular complexity index is 453. The SMILES string of the molecule is NCCCN(Cc1cccs1)c1ccc(F)cc1. The third-order valence-corrected chi connectivity index (χ3v) is 3.61. The minimum Gasteiger partial charge on any atom is -0.366 e. The Hall–Kier alpha value is -1.39. The number of hydrogen-bond donors (Lipinski definition) is 1. The van der Waals surface area contributed by atoms with E-state index in [2.05, 4.69) is 16.3 Å². The maximum atomic E-state index is 12.9. The fraction of sp³-hybridized carbons (Fsp3) is 0.286. The maximum Gasteiger partial charge on any atom is 0.123 e. The van der Waals surface area contributed by atoms with Crippen LogP contribution in [-0.4, -0.2) is 13.1 Å². The molecule has 2 rings (SSSR count). The number of anilines is 1. The number of halogens is 1. The predicted molar refractivity (Wildman–Crippen MR) is 75.4 cm³/mol. The van der Waals surface area contributed by atoms with E-state index in [9.17, 15) is 4.39 Å². The zero-order valence-electron chi connectivity index (χ0n) is 10.2. The van der Waals surface area contributed by atoms with Crippen molar-refractivity contribution in [2.24, 2.45) is 5.73 Å². The molecule has 2 nitrogen and oxygen atoms in total. The van der Waals surface area contributed by atoms with Crippen molar-refractivity contribution in [3.8, 4) is 0 Å². The van der Waals surface area contributed by atoms with E-state index >= 15 is 0 Å². The molecular weight excluding hydrogens is 247 g/mol. The van der Waals surface area contributed by atoms with E-state index in [1.807, 2.05) is 18.2 Å². The molecule has 0 radical (unpaired) electrons. The molecule has 18 heavy (non-hydrogen) atoms. The van der Waals surface area contributed by atoms with Crippen molar-refractivity contribution in [1.82, 2.24) is 0 Å². The third kappa shape index (κ3) is 3.55. The Kier molecular flexibility index (Phi) is 4.73. The molecular formula is C14H17FN2S. The van der Waals surface area contributed by atoms with Crippen molar-refractivity contribution in [1.29, 1.82) is 0 Å². The molecule has 2 aromatic rings. The molecule has 1 aromatic heterocycles. The second-order valence-corrected chi connectivity index (χ2v) is 5.15. The highest BCUT2D eigenvalue weighted by atomic mass is 32.1. The summed E-state index contributed by atoms with van der Waals surface area (Å²) < 4.78 is 12.9. The average molecular weight is 264 g/mol. The average Bonchev–Trinajstić information content (AvgIpc) is 2.88. The molecule has 0 spiro atoms. The zero-order valence-corrected chi connectivity index (χ0v) is 11.0. The maximum absolute atomic E-state index is 12.9. The minimum atomic E-state index is -0.200. The highest BCUT2D eigenvalue weighted by Gasteiger charge is 2.07. The van der Waals surface area contributed by atoms with Gasteiger partial charge in [-0.1, -0.05) is 6.07 Å². The second-order valence-electron chi connectivity index (χ2n) is 4.12. The number of benzene rings is 1. The molecule has 0 atom stereocenters. The van der Waals surface area contributed by atoms with E-state index < -0.39 is 0 Å². The van der Waals surface area contributed by atoms with Crippen molar-refractivity contribution in [3.05, 3.63) is 52.5 Å². The molecule has 0 bridgehead atoms. The summed E-state index contributed by atoms with van der Waals surface area (Å²) in [4.78, 5) is 3.54. The minimum absolute atomic E-state index is 0.200. The van der Waals surface area contributed by atoms with Gasteiger partial charge in [-0.3, -0.25) is 0 Å². The largest absolute Gasteiger partial charge is 0.366 e. The summed E-state index contributed by atoms with van der Waals surface area (Å²) in [5, 5.41) is 2.07. The van der Waals surface area contributed by atoms with Gasteiger partial charge >= 0.3 is 0 Å². The highest BCUT2D eigenvalue weighted by Crippen LogP contribution is 2.20.